The van der Waals surface area contributed by atoms with E-state index in [9.17, 15) is 0 Å². The molecule has 0 fully saturated rings. The van der Waals surface area contributed by atoms with Crippen LogP contribution in [0.5, 0.6) is 0 Å². The van der Waals surface area contributed by atoms with Crippen LogP contribution in [0.1, 0.15) is 37.3 Å². The highest BCUT2D eigenvalue weighted by molar-refractivity contribution is 6.12. The van der Waals surface area contributed by atoms with E-state index in [1.165, 1.54) is 44.1 Å². The van der Waals surface area contributed by atoms with Crippen molar-refractivity contribution in [2.75, 3.05) is 0 Å². The summed E-state index contributed by atoms with van der Waals surface area (Å²) < 4.78 is 0. The highest BCUT2D eigenvalue weighted by Gasteiger charge is 2.18. The van der Waals surface area contributed by atoms with E-state index in [4.69, 9.17) is 0 Å². The zero-order valence-electron chi connectivity index (χ0n) is 14.6. The molecule has 1 N–H and O–H groups in total. The summed E-state index contributed by atoms with van der Waals surface area (Å²) in [7, 11) is 0. The van der Waals surface area contributed by atoms with E-state index in [-0.39, 0.29) is 0 Å². The molecule has 0 aliphatic rings. The van der Waals surface area contributed by atoms with Gasteiger partial charge in [0, 0.05) is 21.9 Å². The largest absolute Gasteiger partial charge is 0.354 e. The van der Waals surface area contributed by atoms with Gasteiger partial charge in [-0.05, 0) is 42.0 Å². The first-order valence-corrected chi connectivity index (χ1v) is 8.80. The number of aryl methyl sites for hydroxylation is 1. The molecule has 0 saturated heterocycles. The third kappa shape index (κ3) is 2.24. The Hall–Kier alpha value is -2.54. The van der Waals surface area contributed by atoms with Crippen LogP contribution >= 0.6 is 0 Å². The molecule has 0 radical (unpaired) electrons. The van der Waals surface area contributed by atoms with Gasteiger partial charge in [0.25, 0.3) is 0 Å². The van der Waals surface area contributed by atoms with Crippen LogP contribution in [0.2, 0.25) is 0 Å². The Labute approximate surface area is 143 Å². The van der Waals surface area contributed by atoms with Gasteiger partial charge < -0.3 is 4.98 Å². The van der Waals surface area contributed by atoms with Gasteiger partial charge in [0.05, 0.1) is 5.52 Å². The van der Waals surface area contributed by atoms with Crippen molar-refractivity contribution in [2.24, 2.45) is 0 Å². The van der Waals surface area contributed by atoms with Gasteiger partial charge in [-0.15, -0.1) is 0 Å². The first-order valence-electron chi connectivity index (χ1n) is 8.80. The molecule has 1 unspecified atom stereocenters. The zero-order valence-corrected chi connectivity index (χ0v) is 14.6. The molecule has 0 aliphatic carbocycles. The number of hydrogen-bond donors (Lipinski definition) is 1. The summed E-state index contributed by atoms with van der Waals surface area (Å²) in [6.45, 7) is 6.80. The maximum absolute atomic E-state index is 3.69. The summed E-state index contributed by atoms with van der Waals surface area (Å²) in [5.74, 6) is 0.537. The fraction of sp³-hybridized carbons (Fsp3) is 0.217. The van der Waals surface area contributed by atoms with Crippen molar-refractivity contribution in [3.05, 3.63) is 71.8 Å². The highest BCUT2D eigenvalue weighted by atomic mass is 14.7. The van der Waals surface area contributed by atoms with E-state index in [1.54, 1.807) is 0 Å². The van der Waals surface area contributed by atoms with Crippen LogP contribution in [-0.4, -0.2) is 4.98 Å². The number of aromatic nitrogens is 1. The van der Waals surface area contributed by atoms with Gasteiger partial charge >= 0.3 is 0 Å². The van der Waals surface area contributed by atoms with Crippen LogP contribution in [-0.2, 0) is 0 Å². The van der Waals surface area contributed by atoms with Gasteiger partial charge in [0.15, 0.2) is 0 Å². The summed E-state index contributed by atoms with van der Waals surface area (Å²) in [6.07, 6.45) is 1.14. The minimum atomic E-state index is 0.537. The Morgan fingerprint density at radius 3 is 2.42 bits per heavy atom. The fourth-order valence-electron chi connectivity index (χ4n) is 3.71. The lowest BCUT2D eigenvalue weighted by Crippen LogP contribution is -1.97. The smallest absolute Gasteiger partial charge is 0.0547 e. The number of benzene rings is 3. The maximum Gasteiger partial charge on any atom is 0.0547 e. The van der Waals surface area contributed by atoms with Crippen molar-refractivity contribution in [1.82, 2.24) is 4.98 Å². The molecule has 1 aromatic heterocycles. The molecule has 1 nitrogen and oxygen atoms in total. The highest BCUT2D eigenvalue weighted by Crippen LogP contribution is 2.40. The molecule has 1 atom stereocenters. The van der Waals surface area contributed by atoms with E-state index < -0.39 is 0 Å². The predicted octanol–water partition coefficient (Wildman–Crippen LogP) is 6.81. The standard InChI is InChI=1S/C23H23N/c1-4-15(2)18-13-14-20-19-11-7-8-12-21(19)24-23(20)22(18)17-10-6-5-9-16(17)3/h5-15,24H,4H2,1-3H3. The average Bonchev–Trinajstić information content (AvgIpc) is 2.99. The van der Waals surface area contributed by atoms with Crippen molar-refractivity contribution in [3.8, 4) is 11.1 Å². The summed E-state index contributed by atoms with van der Waals surface area (Å²) in [5.41, 5.74) is 7.95. The van der Waals surface area contributed by atoms with E-state index >= 15 is 0 Å². The molecule has 4 rings (SSSR count). The number of hydrogen-bond acceptors (Lipinski definition) is 0. The summed E-state index contributed by atoms with van der Waals surface area (Å²) >= 11 is 0. The quantitative estimate of drug-likeness (QED) is 0.427. The second-order valence-corrected chi connectivity index (χ2v) is 6.75. The van der Waals surface area contributed by atoms with Gasteiger partial charge in [0.2, 0.25) is 0 Å². The number of aromatic amines is 1. The molecular formula is C23H23N. The first kappa shape index (κ1) is 15.0. The van der Waals surface area contributed by atoms with Crippen LogP contribution in [0, 0.1) is 6.92 Å². The Bertz CT molecular complexity index is 1020. The maximum atomic E-state index is 3.69. The molecule has 4 aromatic rings. The topological polar surface area (TPSA) is 15.8 Å². The van der Waals surface area contributed by atoms with Crippen LogP contribution < -0.4 is 0 Å². The van der Waals surface area contributed by atoms with Gasteiger partial charge in [-0.2, -0.15) is 0 Å². The first-order chi connectivity index (χ1) is 11.7. The minimum absolute atomic E-state index is 0.537. The van der Waals surface area contributed by atoms with Crippen molar-refractivity contribution in [3.63, 3.8) is 0 Å². The minimum Gasteiger partial charge on any atom is -0.354 e. The molecule has 0 bridgehead atoms. The Morgan fingerprint density at radius 2 is 1.62 bits per heavy atom. The monoisotopic (exact) mass is 313 g/mol. The normalized spacial score (nSPS) is 12.8. The third-order valence-electron chi connectivity index (χ3n) is 5.27. The van der Waals surface area contributed by atoms with Crippen LogP contribution in [0.3, 0.4) is 0 Å². The molecule has 120 valence electrons. The second kappa shape index (κ2) is 5.83. The fourth-order valence-corrected chi connectivity index (χ4v) is 3.71. The molecule has 24 heavy (non-hydrogen) atoms. The number of para-hydroxylation sites is 1. The van der Waals surface area contributed by atoms with Crippen LogP contribution in [0.25, 0.3) is 32.9 Å². The number of fused-ring (bicyclic) bond motifs is 3. The number of H-pyrrole nitrogens is 1. The second-order valence-electron chi connectivity index (χ2n) is 6.75. The van der Waals surface area contributed by atoms with Crippen molar-refractivity contribution in [1.29, 1.82) is 0 Å². The van der Waals surface area contributed by atoms with E-state index in [0.29, 0.717) is 5.92 Å². The molecule has 0 amide bonds. The summed E-state index contributed by atoms with van der Waals surface area (Å²) in [5, 5.41) is 2.62. The summed E-state index contributed by atoms with van der Waals surface area (Å²) in [6, 6.07) is 21.9. The van der Waals surface area contributed by atoms with Gasteiger partial charge in [0.1, 0.15) is 0 Å². The van der Waals surface area contributed by atoms with Crippen molar-refractivity contribution in [2.45, 2.75) is 33.1 Å². The van der Waals surface area contributed by atoms with E-state index in [1.807, 2.05) is 0 Å². The zero-order chi connectivity index (χ0) is 16.7. The van der Waals surface area contributed by atoms with Gasteiger partial charge in [-0.25, -0.2) is 0 Å². The van der Waals surface area contributed by atoms with Gasteiger partial charge in [-0.3, -0.25) is 0 Å². The lowest BCUT2D eigenvalue weighted by molar-refractivity contribution is 0.736. The predicted molar refractivity (Wildman–Crippen MR) is 105 cm³/mol. The molecule has 3 aromatic carbocycles. The summed E-state index contributed by atoms with van der Waals surface area (Å²) in [4.78, 5) is 3.69. The average molecular weight is 313 g/mol. The van der Waals surface area contributed by atoms with Crippen molar-refractivity contribution >= 4 is 21.8 Å². The third-order valence-corrected chi connectivity index (χ3v) is 5.27. The van der Waals surface area contributed by atoms with Crippen LogP contribution in [0.4, 0.5) is 0 Å². The molecule has 0 saturated carbocycles. The Morgan fingerprint density at radius 1 is 0.875 bits per heavy atom. The Balaban J connectivity index is 2.15. The van der Waals surface area contributed by atoms with Crippen molar-refractivity contribution < 1.29 is 0 Å². The van der Waals surface area contributed by atoms with Crippen LogP contribution in [0.15, 0.2) is 60.7 Å². The SMILES string of the molecule is CCC(C)c1ccc2c([nH]c3ccccc32)c1-c1ccccc1C. The lowest BCUT2D eigenvalue weighted by atomic mass is 9.87. The van der Waals surface area contributed by atoms with E-state index in [2.05, 4.69) is 86.4 Å². The van der Waals surface area contributed by atoms with Gasteiger partial charge in [-0.1, -0.05) is 68.4 Å². The lowest BCUT2D eigenvalue weighted by Gasteiger charge is -2.18. The number of rotatable bonds is 3. The molecule has 0 spiro atoms. The Kier molecular flexibility index (Phi) is 3.65. The molecule has 1 heterocycles. The van der Waals surface area contributed by atoms with E-state index in [0.717, 1.165) is 6.42 Å². The number of nitrogens with one attached hydrogen (secondary N) is 1. The molecular weight excluding hydrogens is 290 g/mol. The molecule has 0 aliphatic heterocycles. The molecule has 1 heteroatoms.